The average molecular weight is 380 g/mol. The first-order valence-electron chi connectivity index (χ1n) is 10.1. The van der Waals surface area contributed by atoms with Crippen molar-refractivity contribution in [3.63, 3.8) is 0 Å². The molecule has 0 atom stereocenters. The number of anilines is 1. The Labute approximate surface area is 166 Å². The standard InChI is InChI=1S/C23H28N2O3/c1-16-12-19(6-7-21(16)25-8-10-28-11-9-25)23(26)24-15-20-13-17-4-3-5-18(17)14-22(20)27-2/h6-7,12-14H,3-5,8-11,15H2,1-2H3,(H,24,26). The molecule has 4 rings (SSSR count). The van der Waals surface area contributed by atoms with Gasteiger partial charge in [0, 0.05) is 36.4 Å². The van der Waals surface area contributed by atoms with Crippen LogP contribution in [0.25, 0.3) is 0 Å². The molecule has 2 aliphatic rings. The van der Waals surface area contributed by atoms with Crippen molar-refractivity contribution >= 4 is 11.6 Å². The van der Waals surface area contributed by atoms with Crippen molar-refractivity contribution in [3.05, 3.63) is 58.1 Å². The van der Waals surface area contributed by atoms with Crippen molar-refractivity contribution in [1.82, 2.24) is 5.32 Å². The zero-order valence-electron chi connectivity index (χ0n) is 16.7. The van der Waals surface area contributed by atoms with Crippen LogP contribution in [0, 0.1) is 6.92 Å². The number of carbonyl (C=O) groups is 1. The van der Waals surface area contributed by atoms with Gasteiger partial charge >= 0.3 is 0 Å². The number of rotatable bonds is 5. The van der Waals surface area contributed by atoms with Crippen LogP contribution in [-0.4, -0.2) is 39.3 Å². The number of benzene rings is 2. The highest BCUT2D eigenvalue weighted by Gasteiger charge is 2.17. The van der Waals surface area contributed by atoms with E-state index in [2.05, 4.69) is 29.3 Å². The minimum Gasteiger partial charge on any atom is -0.496 e. The van der Waals surface area contributed by atoms with Gasteiger partial charge in [0.15, 0.2) is 0 Å². The Morgan fingerprint density at radius 1 is 1.14 bits per heavy atom. The normalized spacial score (nSPS) is 16.0. The van der Waals surface area contributed by atoms with Crippen LogP contribution in [0.3, 0.4) is 0 Å². The average Bonchev–Trinajstić information content (AvgIpc) is 3.19. The number of carbonyl (C=O) groups excluding carboxylic acids is 1. The second-order valence-electron chi connectivity index (χ2n) is 7.57. The fraction of sp³-hybridized carbons (Fsp3) is 0.435. The summed E-state index contributed by atoms with van der Waals surface area (Å²) >= 11 is 0. The van der Waals surface area contributed by atoms with Crippen LogP contribution in [0.5, 0.6) is 5.75 Å². The minimum atomic E-state index is -0.0563. The molecule has 148 valence electrons. The van der Waals surface area contributed by atoms with Gasteiger partial charge in [0.1, 0.15) is 5.75 Å². The number of nitrogens with zero attached hydrogens (tertiary/aromatic N) is 1. The molecule has 0 saturated carbocycles. The number of methoxy groups -OCH3 is 1. The number of ether oxygens (including phenoxy) is 2. The summed E-state index contributed by atoms with van der Waals surface area (Å²) in [6.45, 7) is 5.83. The fourth-order valence-electron chi connectivity index (χ4n) is 4.21. The van der Waals surface area contributed by atoms with Gasteiger partial charge in [-0.05, 0) is 67.1 Å². The van der Waals surface area contributed by atoms with Crippen molar-refractivity contribution < 1.29 is 14.3 Å². The van der Waals surface area contributed by atoms with E-state index in [1.54, 1.807) is 7.11 Å². The molecule has 1 aliphatic heterocycles. The van der Waals surface area contributed by atoms with Crippen molar-refractivity contribution in [2.75, 3.05) is 38.3 Å². The van der Waals surface area contributed by atoms with Crippen LogP contribution in [0.4, 0.5) is 5.69 Å². The predicted molar refractivity (Wildman–Crippen MR) is 110 cm³/mol. The van der Waals surface area contributed by atoms with E-state index in [4.69, 9.17) is 9.47 Å². The van der Waals surface area contributed by atoms with Crippen LogP contribution in [0.1, 0.15) is 39.0 Å². The van der Waals surface area contributed by atoms with Gasteiger partial charge in [0.25, 0.3) is 5.91 Å². The number of aryl methyl sites for hydroxylation is 3. The van der Waals surface area contributed by atoms with Crippen LogP contribution in [-0.2, 0) is 24.1 Å². The van der Waals surface area contributed by atoms with Crippen molar-refractivity contribution in [2.24, 2.45) is 0 Å². The van der Waals surface area contributed by atoms with Crippen LogP contribution < -0.4 is 15.0 Å². The van der Waals surface area contributed by atoms with E-state index < -0.39 is 0 Å². The van der Waals surface area contributed by atoms with E-state index in [1.807, 2.05) is 18.2 Å². The van der Waals surface area contributed by atoms with E-state index in [9.17, 15) is 4.79 Å². The Morgan fingerprint density at radius 3 is 2.61 bits per heavy atom. The van der Waals surface area contributed by atoms with Crippen molar-refractivity contribution in [1.29, 1.82) is 0 Å². The van der Waals surface area contributed by atoms with Gasteiger partial charge in [-0.25, -0.2) is 0 Å². The molecule has 0 unspecified atom stereocenters. The van der Waals surface area contributed by atoms with Gasteiger partial charge in [0.2, 0.25) is 0 Å². The lowest BCUT2D eigenvalue weighted by Crippen LogP contribution is -2.36. The lowest BCUT2D eigenvalue weighted by Gasteiger charge is -2.30. The second kappa shape index (κ2) is 8.23. The van der Waals surface area contributed by atoms with Crippen molar-refractivity contribution in [2.45, 2.75) is 32.7 Å². The lowest BCUT2D eigenvalue weighted by molar-refractivity contribution is 0.0950. The molecule has 0 bridgehead atoms. The van der Waals surface area contributed by atoms with E-state index in [-0.39, 0.29) is 5.91 Å². The Hall–Kier alpha value is -2.53. The molecule has 0 radical (unpaired) electrons. The van der Waals surface area contributed by atoms with Crippen molar-refractivity contribution in [3.8, 4) is 5.75 Å². The summed E-state index contributed by atoms with van der Waals surface area (Å²) in [5.74, 6) is 0.805. The smallest absolute Gasteiger partial charge is 0.251 e. The highest BCUT2D eigenvalue weighted by atomic mass is 16.5. The number of amides is 1. The maximum Gasteiger partial charge on any atom is 0.251 e. The third-order valence-corrected chi connectivity index (χ3v) is 5.75. The highest BCUT2D eigenvalue weighted by molar-refractivity contribution is 5.95. The fourth-order valence-corrected chi connectivity index (χ4v) is 4.21. The summed E-state index contributed by atoms with van der Waals surface area (Å²) in [5.41, 5.74) is 6.79. The Balaban J connectivity index is 1.45. The largest absolute Gasteiger partial charge is 0.496 e. The molecule has 2 aromatic rings. The molecule has 5 nitrogen and oxygen atoms in total. The first-order valence-corrected chi connectivity index (χ1v) is 10.1. The molecular weight excluding hydrogens is 352 g/mol. The third-order valence-electron chi connectivity index (χ3n) is 5.75. The Kier molecular flexibility index (Phi) is 5.53. The number of hydrogen-bond acceptors (Lipinski definition) is 4. The summed E-state index contributed by atoms with van der Waals surface area (Å²) < 4.78 is 11.0. The molecule has 28 heavy (non-hydrogen) atoms. The molecule has 1 heterocycles. The number of morpholine rings is 1. The quantitative estimate of drug-likeness (QED) is 0.865. The van der Waals surface area contributed by atoms with Crippen LogP contribution in [0.2, 0.25) is 0 Å². The van der Waals surface area contributed by atoms with Gasteiger partial charge in [-0.3, -0.25) is 4.79 Å². The van der Waals surface area contributed by atoms with Gasteiger partial charge in [-0.15, -0.1) is 0 Å². The summed E-state index contributed by atoms with van der Waals surface area (Å²) in [7, 11) is 1.69. The molecule has 2 aromatic carbocycles. The maximum atomic E-state index is 12.7. The molecule has 0 spiro atoms. The first kappa shape index (κ1) is 18.8. The zero-order valence-corrected chi connectivity index (χ0v) is 16.7. The zero-order chi connectivity index (χ0) is 19.5. The molecule has 5 heteroatoms. The van der Waals surface area contributed by atoms with E-state index in [0.717, 1.165) is 56.0 Å². The van der Waals surface area contributed by atoms with E-state index >= 15 is 0 Å². The Morgan fingerprint density at radius 2 is 1.89 bits per heavy atom. The summed E-state index contributed by atoms with van der Waals surface area (Å²) in [6, 6.07) is 10.2. The summed E-state index contributed by atoms with van der Waals surface area (Å²) in [6.07, 6.45) is 3.43. The minimum absolute atomic E-state index is 0.0563. The van der Waals surface area contributed by atoms with Gasteiger partial charge in [-0.1, -0.05) is 6.07 Å². The summed E-state index contributed by atoms with van der Waals surface area (Å²) in [5, 5.41) is 3.05. The first-order chi connectivity index (χ1) is 13.7. The number of nitrogens with one attached hydrogen (secondary N) is 1. The molecular formula is C23H28N2O3. The van der Waals surface area contributed by atoms with Gasteiger partial charge in [0.05, 0.1) is 20.3 Å². The Bertz CT molecular complexity index is 872. The van der Waals surface area contributed by atoms with E-state index in [1.165, 1.54) is 23.2 Å². The topological polar surface area (TPSA) is 50.8 Å². The molecule has 1 aliphatic carbocycles. The molecule has 1 saturated heterocycles. The monoisotopic (exact) mass is 380 g/mol. The predicted octanol–water partition coefficient (Wildman–Crippen LogP) is 3.26. The molecule has 1 fully saturated rings. The highest BCUT2D eigenvalue weighted by Crippen LogP contribution is 2.30. The number of hydrogen-bond donors (Lipinski definition) is 1. The SMILES string of the molecule is COc1cc2c(cc1CNC(=O)c1ccc(N3CCOCC3)c(C)c1)CCC2. The lowest BCUT2D eigenvalue weighted by atomic mass is 10.0. The molecule has 0 aromatic heterocycles. The second-order valence-corrected chi connectivity index (χ2v) is 7.57. The van der Waals surface area contributed by atoms with Crippen LogP contribution in [0.15, 0.2) is 30.3 Å². The van der Waals surface area contributed by atoms with Crippen LogP contribution >= 0.6 is 0 Å². The van der Waals surface area contributed by atoms with E-state index in [0.29, 0.717) is 12.1 Å². The van der Waals surface area contributed by atoms with Gasteiger partial charge < -0.3 is 19.7 Å². The third kappa shape index (κ3) is 3.85. The summed E-state index contributed by atoms with van der Waals surface area (Å²) in [4.78, 5) is 15.0. The molecule has 1 N–H and O–H groups in total. The molecule has 1 amide bonds. The maximum absolute atomic E-state index is 12.7. The van der Waals surface area contributed by atoms with Gasteiger partial charge in [-0.2, -0.15) is 0 Å². The number of fused-ring (bicyclic) bond motifs is 1.